The second kappa shape index (κ2) is 8.20. The summed E-state index contributed by atoms with van der Waals surface area (Å²) in [6.07, 6.45) is 0.357. The largest absolute Gasteiger partial charge is 0.493 e. The minimum atomic E-state index is -0.0139. The van der Waals surface area contributed by atoms with E-state index in [9.17, 15) is 4.79 Å². The molecule has 3 aromatic carbocycles. The van der Waals surface area contributed by atoms with Crippen LogP contribution in [0.25, 0.3) is 10.8 Å². The fraction of sp³-hybridized carbons (Fsp3) is 0.190. The predicted octanol–water partition coefficient (Wildman–Crippen LogP) is 3.59. The van der Waals surface area contributed by atoms with Gasteiger partial charge in [-0.05, 0) is 28.5 Å². The van der Waals surface area contributed by atoms with Crippen molar-refractivity contribution in [3.05, 3.63) is 72.3 Å². The number of amides is 1. The molecule has 0 aromatic heterocycles. The highest BCUT2D eigenvalue weighted by atomic mass is 16.5. The van der Waals surface area contributed by atoms with Crippen LogP contribution in [-0.4, -0.2) is 26.2 Å². The van der Waals surface area contributed by atoms with Gasteiger partial charge in [0.2, 0.25) is 5.91 Å². The molecule has 0 aliphatic carbocycles. The Morgan fingerprint density at radius 3 is 2.48 bits per heavy atom. The summed E-state index contributed by atoms with van der Waals surface area (Å²) in [5.41, 5.74) is 1.03. The second-order valence-electron chi connectivity index (χ2n) is 5.66. The lowest BCUT2D eigenvalue weighted by Crippen LogP contribution is -2.29. The first-order valence-electron chi connectivity index (χ1n) is 8.27. The summed E-state index contributed by atoms with van der Waals surface area (Å²) in [6, 6.07) is 21.6. The highest BCUT2D eigenvalue weighted by Gasteiger charge is 2.07. The molecule has 0 spiro atoms. The smallest absolute Gasteiger partial charge is 0.224 e. The number of hydrogen-bond acceptors (Lipinski definition) is 3. The predicted molar refractivity (Wildman–Crippen MR) is 99.2 cm³/mol. The third-order valence-corrected chi connectivity index (χ3v) is 3.98. The van der Waals surface area contributed by atoms with Gasteiger partial charge in [-0.2, -0.15) is 0 Å². The molecule has 0 aliphatic heterocycles. The lowest BCUT2D eigenvalue weighted by molar-refractivity contribution is -0.120. The van der Waals surface area contributed by atoms with E-state index in [1.807, 2.05) is 54.6 Å². The molecule has 4 heteroatoms. The summed E-state index contributed by atoms with van der Waals surface area (Å²) < 4.78 is 10.9. The molecule has 3 aromatic rings. The topological polar surface area (TPSA) is 47.6 Å². The number of nitrogens with one attached hydrogen (secondary N) is 1. The third kappa shape index (κ3) is 4.29. The first-order chi connectivity index (χ1) is 12.3. The number of fused-ring (bicyclic) bond motifs is 1. The maximum atomic E-state index is 12.2. The molecular weight excluding hydrogens is 314 g/mol. The Kier molecular flexibility index (Phi) is 5.52. The van der Waals surface area contributed by atoms with Crippen molar-refractivity contribution >= 4 is 16.7 Å². The average molecular weight is 335 g/mol. The van der Waals surface area contributed by atoms with Crippen molar-refractivity contribution in [2.75, 3.05) is 20.3 Å². The van der Waals surface area contributed by atoms with Crippen molar-refractivity contribution < 1.29 is 14.3 Å². The van der Waals surface area contributed by atoms with Gasteiger partial charge in [-0.3, -0.25) is 4.79 Å². The van der Waals surface area contributed by atoms with Crippen molar-refractivity contribution in [1.29, 1.82) is 0 Å². The van der Waals surface area contributed by atoms with Gasteiger partial charge in [0.25, 0.3) is 0 Å². The van der Waals surface area contributed by atoms with Crippen LogP contribution >= 0.6 is 0 Å². The van der Waals surface area contributed by atoms with Crippen LogP contribution in [0.15, 0.2) is 66.7 Å². The molecule has 0 radical (unpaired) electrons. The molecule has 1 N–H and O–H groups in total. The average Bonchev–Trinajstić information content (AvgIpc) is 2.66. The van der Waals surface area contributed by atoms with Gasteiger partial charge in [0, 0.05) is 0 Å². The normalized spacial score (nSPS) is 10.4. The van der Waals surface area contributed by atoms with Crippen LogP contribution in [0.2, 0.25) is 0 Å². The molecule has 0 bridgehead atoms. The first kappa shape index (κ1) is 16.8. The molecule has 0 fully saturated rings. The Balaban J connectivity index is 1.51. The van der Waals surface area contributed by atoms with Gasteiger partial charge < -0.3 is 14.8 Å². The summed E-state index contributed by atoms with van der Waals surface area (Å²) >= 11 is 0. The molecule has 0 unspecified atom stereocenters. The number of para-hydroxylation sites is 2. The Morgan fingerprint density at radius 2 is 1.64 bits per heavy atom. The zero-order valence-electron chi connectivity index (χ0n) is 14.2. The van der Waals surface area contributed by atoms with Crippen LogP contribution in [0.3, 0.4) is 0 Å². The van der Waals surface area contributed by atoms with Crippen molar-refractivity contribution in [1.82, 2.24) is 5.32 Å². The monoisotopic (exact) mass is 335 g/mol. The Hall–Kier alpha value is -3.01. The zero-order valence-corrected chi connectivity index (χ0v) is 14.2. The molecule has 0 saturated carbocycles. The van der Waals surface area contributed by atoms with Gasteiger partial charge in [0.1, 0.15) is 6.61 Å². The van der Waals surface area contributed by atoms with Crippen molar-refractivity contribution in [3.8, 4) is 11.5 Å². The van der Waals surface area contributed by atoms with E-state index in [0.29, 0.717) is 31.1 Å². The molecule has 0 saturated heterocycles. The lowest BCUT2D eigenvalue weighted by atomic mass is 10.0. The van der Waals surface area contributed by atoms with Crippen LogP contribution in [0, 0.1) is 0 Å². The zero-order chi connectivity index (χ0) is 17.5. The van der Waals surface area contributed by atoms with Crippen LogP contribution < -0.4 is 14.8 Å². The third-order valence-electron chi connectivity index (χ3n) is 3.98. The quantitative estimate of drug-likeness (QED) is 0.671. The van der Waals surface area contributed by atoms with Crippen molar-refractivity contribution in [3.63, 3.8) is 0 Å². The highest BCUT2D eigenvalue weighted by Crippen LogP contribution is 2.25. The van der Waals surface area contributed by atoms with Crippen LogP contribution in [0.5, 0.6) is 11.5 Å². The molecule has 3 rings (SSSR count). The summed E-state index contributed by atoms with van der Waals surface area (Å²) in [5, 5.41) is 5.16. The standard InChI is InChI=1S/C21H21NO3/c1-24-19-11-4-5-12-20(19)25-14-13-22-21(23)15-17-9-6-8-16-7-2-3-10-18(16)17/h2-12H,13-15H2,1H3,(H,22,23). The number of hydrogen-bond donors (Lipinski definition) is 1. The van der Waals surface area contributed by atoms with E-state index in [2.05, 4.69) is 17.4 Å². The summed E-state index contributed by atoms with van der Waals surface area (Å²) in [7, 11) is 1.61. The summed E-state index contributed by atoms with van der Waals surface area (Å²) in [4.78, 5) is 12.2. The number of carbonyl (C=O) groups is 1. The molecular formula is C21H21NO3. The van der Waals surface area contributed by atoms with E-state index in [4.69, 9.17) is 9.47 Å². The van der Waals surface area contributed by atoms with E-state index in [1.54, 1.807) is 7.11 Å². The fourth-order valence-electron chi connectivity index (χ4n) is 2.77. The van der Waals surface area contributed by atoms with Gasteiger partial charge in [0.15, 0.2) is 11.5 Å². The first-order valence-corrected chi connectivity index (χ1v) is 8.27. The van der Waals surface area contributed by atoms with Crippen LogP contribution in [-0.2, 0) is 11.2 Å². The highest BCUT2D eigenvalue weighted by molar-refractivity contribution is 5.90. The van der Waals surface area contributed by atoms with E-state index >= 15 is 0 Å². The molecule has 128 valence electrons. The second-order valence-corrected chi connectivity index (χ2v) is 5.66. The van der Waals surface area contributed by atoms with E-state index in [0.717, 1.165) is 16.3 Å². The molecule has 0 atom stereocenters. The number of carbonyl (C=O) groups excluding carboxylic acids is 1. The number of rotatable bonds is 7. The minimum absolute atomic E-state index is 0.0139. The Bertz CT molecular complexity index is 855. The lowest BCUT2D eigenvalue weighted by Gasteiger charge is -2.11. The van der Waals surface area contributed by atoms with Crippen molar-refractivity contribution in [2.24, 2.45) is 0 Å². The SMILES string of the molecule is COc1ccccc1OCCNC(=O)Cc1cccc2ccccc12. The van der Waals surface area contributed by atoms with E-state index in [1.165, 1.54) is 0 Å². The number of ether oxygens (including phenoxy) is 2. The van der Waals surface area contributed by atoms with Gasteiger partial charge in [-0.15, -0.1) is 0 Å². The molecule has 0 aliphatic rings. The van der Waals surface area contributed by atoms with Gasteiger partial charge in [-0.25, -0.2) is 0 Å². The van der Waals surface area contributed by atoms with Gasteiger partial charge >= 0.3 is 0 Å². The molecule has 25 heavy (non-hydrogen) atoms. The summed E-state index contributed by atoms with van der Waals surface area (Å²) in [5.74, 6) is 1.35. The maximum Gasteiger partial charge on any atom is 0.224 e. The molecule has 1 amide bonds. The number of benzene rings is 3. The van der Waals surface area contributed by atoms with Gasteiger partial charge in [0.05, 0.1) is 20.1 Å². The Labute approximate surface area is 147 Å². The van der Waals surface area contributed by atoms with Crippen molar-refractivity contribution in [2.45, 2.75) is 6.42 Å². The number of methoxy groups -OCH3 is 1. The Morgan fingerprint density at radius 1 is 0.920 bits per heavy atom. The van der Waals surface area contributed by atoms with E-state index in [-0.39, 0.29) is 5.91 Å². The molecule has 0 heterocycles. The minimum Gasteiger partial charge on any atom is -0.493 e. The summed E-state index contributed by atoms with van der Waals surface area (Å²) in [6.45, 7) is 0.837. The molecule has 4 nitrogen and oxygen atoms in total. The van der Waals surface area contributed by atoms with Gasteiger partial charge in [-0.1, -0.05) is 54.6 Å². The van der Waals surface area contributed by atoms with E-state index < -0.39 is 0 Å². The van der Waals surface area contributed by atoms with Crippen LogP contribution in [0.4, 0.5) is 0 Å². The maximum absolute atomic E-state index is 12.2. The fourth-order valence-corrected chi connectivity index (χ4v) is 2.77. The van der Waals surface area contributed by atoms with Crippen LogP contribution in [0.1, 0.15) is 5.56 Å².